The summed E-state index contributed by atoms with van der Waals surface area (Å²) in [6.07, 6.45) is 1.47. The Kier molecular flexibility index (Phi) is 2.25. The number of rotatable bonds is 2. The van der Waals surface area contributed by atoms with E-state index in [1.54, 1.807) is 18.2 Å². The van der Waals surface area contributed by atoms with Gasteiger partial charge in [-0.3, -0.25) is 4.79 Å². The molecule has 0 fully saturated rings. The average molecular weight is 204 g/mol. The van der Waals surface area contributed by atoms with Gasteiger partial charge in [0.05, 0.1) is 18.9 Å². The van der Waals surface area contributed by atoms with Crippen LogP contribution in [0.5, 0.6) is 0 Å². The molecule has 4 heteroatoms. The van der Waals surface area contributed by atoms with E-state index in [2.05, 4.69) is 4.74 Å². The second-order valence-electron chi connectivity index (χ2n) is 2.97. The fourth-order valence-corrected chi connectivity index (χ4v) is 1.37. The van der Waals surface area contributed by atoms with Crippen molar-refractivity contribution >= 4 is 22.7 Å². The lowest BCUT2D eigenvalue weighted by Crippen LogP contribution is -2.15. The number of Topliss-reactive ketones (excluding diaryl/α,β-unsaturated/α-hetero) is 1. The molecule has 0 atom stereocenters. The zero-order valence-electron chi connectivity index (χ0n) is 8.02. The van der Waals surface area contributed by atoms with Crippen molar-refractivity contribution in [3.63, 3.8) is 0 Å². The predicted molar refractivity (Wildman–Crippen MR) is 52.6 cm³/mol. The highest BCUT2D eigenvalue weighted by Gasteiger charge is 2.20. The number of benzene rings is 1. The monoisotopic (exact) mass is 204 g/mol. The van der Waals surface area contributed by atoms with Gasteiger partial charge >= 0.3 is 5.97 Å². The van der Waals surface area contributed by atoms with E-state index >= 15 is 0 Å². The summed E-state index contributed by atoms with van der Waals surface area (Å²) in [5.74, 6) is -1.59. The van der Waals surface area contributed by atoms with Gasteiger partial charge < -0.3 is 9.15 Å². The second-order valence-corrected chi connectivity index (χ2v) is 2.97. The molecule has 0 bridgehead atoms. The van der Waals surface area contributed by atoms with Crippen molar-refractivity contribution in [1.82, 2.24) is 0 Å². The van der Waals surface area contributed by atoms with Crippen molar-refractivity contribution in [3.05, 3.63) is 36.1 Å². The first-order chi connectivity index (χ1) is 7.24. The summed E-state index contributed by atoms with van der Waals surface area (Å²) in [4.78, 5) is 22.6. The Morgan fingerprint density at radius 3 is 2.80 bits per heavy atom. The van der Waals surface area contributed by atoms with Crippen LogP contribution < -0.4 is 0 Å². The van der Waals surface area contributed by atoms with E-state index in [9.17, 15) is 9.59 Å². The van der Waals surface area contributed by atoms with Gasteiger partial charge in [-0.2, -0.15) is 0 Å². The second kappa shape index (κ2) is 3.57. The van der Waals surface area contributed by atoms with Crippen LogP contribution in [0, 0.1) is 0 Å². The minimum absolute atomic E-state index is 0.226. The number of ketones is 1. The Morgan fingerprint density at radius 2 is 2.07 bits per heavy atom. The lowest BCUT2D eigenvalue weighted by atomic mass is 10.1. The number of carbonyl (C=O) groups is 2. The minimum Gasteiger partial charge on any atom is -0.464 e. The van der Waals surface area contributed by atoms with E-state index in [1.807, 2.05) is 0 Å². The Labute approximate surface area is 85.4 Å². The number of fused-ring (bicyclic) bond motifs is 1. The summed E-state index contributed by atoms with van der Waals surface area (Å²) >= 11 is 0. The number of methoxy groups -OCH3 is 1. The molecule has 0 unspecified atom stereocenters. The summed E-state index contributed by atoms with van der Waals surface area (Å²) in [7, 11) is 1.17. The standard InChI is InChI=1S/C11H8O4/c1-14-11(13)9(12)8-4-2-3-7-5-6-15-10(7)8/h2-6H,1H3. The highest BCUT2D eigenvalue weighted by molar-refractivity contribution is 6.42. The lowest BCUT2D eigenvalue weighted by Gasteiger charge is -1.99. The van der Waals surface area contributed by atoms with Gasteiger partial charge in [0, 0.05) is 5.39 Å². The molecule has 15 heavy (non-hydrogen) atoms. The van der Waals surface area contributed by atoms with Crippen LogP contribution in [0.1, 0.15) is 10.4 Å². The van der Waals surface area contributed by atoms with E-state index in [0.29, 0.717) is 5.58 Å². The first-order valence-electron chi connectivity index (χ1n) is 4.33. The van der Waals surface area contributed by atoms with Gasteiger partial charge in [-0.25, -0.2) is 4.79 Å². The molecule has 0 saturated carbocycles. The maximum atomic E-state index is 11.6. The largest absolute Gasteiger partial charge is 0.464 e. The Balaban J connectivity index is 2.56. The van der Waals surface area contributed by atoms with Crippen molar-refractivity contribution < 1.29 is 18.7 Å². The van der Waals surface area contributed by atoms with E-state index in [1.165, 1.54) is 19.4 Å². The molecular formula is C11H8O4. The third kappa shape index (κ3) is 1.50. The zero-order chi connectivity index (χ0) is 10.8. The molecule has 0 aliphatic rings. The molecule has 1 aromatic carbocycles. The van der Waals surface area contributed by atoms with Crippen LogP contribution in [0.2, 0.25) is 0 Å². The number of carbonyl (C=O) groups excluding carboxylic acids is 2. The van der Waals surface area contributed by atoms with Crippen LogP contribution in [0.3, 0.4) is 0 Å². The van der Waals surface area contributed by atoms with Crippen LogP contribution >= 0.6 is 0 Å². The maximum Gasteiger partial charge on any atom is 0.379 e. The van der Waals surface area contributed by atoms with Crippen molar-refractivity contribution in [3.8, 4) is 0 Å². The molecule has 2 rings (SSSR count). The highest BCUT2D eigenvalue weighted by Crippen LogP contribution is 2.20. The first-order valence-corrected chi connectivity index (χ1v) is 4.33. The van der Waals surface area contributed by atoms with Crippen molar-refractivity contribution in [1.29, 1.82) is 0 Å². The molecule has 0 radical (unpaired) electrons. The maximum absolute atomic E-state index is 11.6. The van der Waals surface area contributed by atoms with Crippen LogP contribution in [-0.4, -0.2) is 18.9 Å². The van der Waals surface area contributed by atoms with E-state index in [0.717, 1.165) is 5.39 Å². The van der Waals surface area contributed by atoms with Gasteiger partial charge in [0.25, 0.3) is 5.78 Å². The molecule has 0 aliphatic carbocycles. The summed E-state index contributed by atoms with van der Waals surface area (Å²) < 4.78 is 9.50. The Hall–Kier alpha value is -2.10. The Bertz CT molecular complexity index is 524. The van der Waals surface area contributed by atoms with Gasteiger partial charge in [-0.1, -0.05) is 12.1 Å². The van der Waals surface area contributed by atoms with Gasteiger partial charge in [-0.05, 0) is 12.1 Å². The molecule has 0 saturated heterocycles. The summed E-state index contributed by atoms with van der Waals surface area (Å²) in [5.41, 5.74) is 0.636. The normalized spacial score (nSPS) is 10.2. The number of furan rings is 1. The molecule has 4 nitrogen and oxygen atoms in total. The summed E-state index contributed by atoms with van der Waals surface area (Å²) in [6.45, 7) is 0. The quantitative estimate of drug-likeness (QED) is 0.425. The van der Waals surface area contributed by atoms with Gasteiger partial charge in [-0.15, -0.1) is 0 Å². The molecular weight excluding hydrogens is 196 g/mol. The van der Waals surface area contributed by atoms with Crippen LogP contribution in [0.15, 0.2) is 34.9 Å². The first kappa shape index (κ1) is 9.45. The summed E-state index contributed by atoms with van der Waals surface area (Å²) in [5, 5.41) is 0.782. The molecule has 0 amide bonds. The van der Waals surface area contributed by atoms with Crippen molar-refractivity contribution in [2.45, 2.75) is 0 Å². The van der Waals surface area contributed by atoms with Gasteiger partial charge in [0.1, 0.15) is 5.58 Å². The average Bonchev–Trinajstić information content (AvgIpc) is 2.74. The number of hydrogen-bond acceptors (Lipinski definition) is 4. The molecule has 0 N–H and O–H groups in total. The van der Waals surface area contributed by atoms with Gasteiger partial charge in [0.2, 0.25) is 0 Å². The van der Waals surface area contributed by atoms with Crippen molar-refractivity contribution in [2.24, 2.45) is 0 Å². The van der Waals surface area contributed by atoms with Crippen LogP contribution in [-0.2, 0) is 9.53 Å². The third-order valence-corrected chi connectivity index (χ3v) is 2.09. The number of esters is 1. The third-order valence-electron chi connectivity index (χ3n) is 2.09. The molecule has 2 aromatic rings. The van der Waals surface area contributed by atoms with Gasteiger partial charge in [0.15, 0.2) is 0 Å². The molecule has 1 heterocycles. The van der Waals surface area contributed by atoms with Crippen LogP contribution in [0.4, 0.5) is 0 Å². The SMILES string of the molecule is COC(=O)C(=O)c1cccc2ccoc12. The number of para-hydroxylation sites is 1. The lowest BCUT2D eigenvalue weighted by molar-refractivity contribution is -0.135. The number of hydrogen-bond donors (Lipinski definition) is 0. The smallest absolute Gasteiger partial charge is 0.379 e. The fraction of sp³-hybridized carbons (Fsp3) is 0.0909. The fourth-order valence-electron chi connectivity index (χ4n) is 1.37. The zero-order valence-corrected chi connectivity index (χ0v) is 8.02. The molecule has 0 aliphatic heterocycles. The number of ether oxygens (including phenoxy) is 1. The molecule has 76 valence electrons. The molecule has 1 aromatic heterocycles. The highest BCUT2D eigenvalue weighted by atomic mass is 16.5. The topological polar surface area (TPSA) is 56.5 Å². The van der Waals surface area contributed by atoms with Crippen LogP contribution in [0.25, 0.3) is 11.0 Å². The van der Waals surface area contributed by atoms with E-state index in [-0.39, 0.29) is 5.56 Å². The van der Waals surface area contributed by atoms with E-state index in [4.69, 9.17) is 4.42 Å². The minimum atomic E-state index is -0.890. The van der Waals surface area contributed by atoms with Crippen molar-refractivity contribution in [2.75, 3.05) is 7.11 Å². The Morgan fingerprint density at radius 1 is 1.27 bits per heavy atom. The molecule has 0 spiro atoms. The summed E-state index contributed by atoms with van der Waals surface area (Å²) in [6, 6.07) is 6.75. The van der Waals surface area contributed by atoms with E-state index < -0.39 is 11.8 Å². The predicted octanol–water partition coefficient (Wildman–Crippen LogP) is 1.79.